The number of amides is 3. The van der Waals surface area contributed by atoms with Crippen molar-refractivity contribution in [3.05, 3.63) is 86.4 Å². The van der Waals surface area contributed by atoms with Crippen LogP contribution in [-0.4, -0.2) is 93.4 Å². The van der Waals surface area contributed by atoms with E-state index in [1.54, 1.807) is 54.8 Å². The van der Waals surface area contributed by atoms with Gasteiger partial charge in [0.2, 0.25) is 5.91 Å². The molecule has 0 spiro atoms. The van der Waals surface area contributed by atoms with Crippen LogP contribution in [0.4, 0.5) is 17.1 Å². The van der Waals surface area contributed by atoms with Gasteiger partial charge in [0.15, 0.2) is 0 Å². The Hall–Kier alpha value is -4.63. The standard InChI is InChI=1S/C31H35BrN8O6/c1-18-15-38(16-19(2)46-18)31(43)25-9-22(32)10-26(40(44)45)28(25)37-24-11-27(29(41)36-12-20-4-6-34-7-5-20)39(17-24)30(42)21-8-23(33-3)14-35-13-21/h4-10,13-14,18-19,24,27,33,37H,11-12,15-17H2,1-3H3,(H,36,41)/t18-,19+,24-,27+/m1/s1. The van der Waals surface area contributed by atoms with Crippen LogP contribution < -0.4 is 16.0 Å². The van der Waals surface area contributed by atoms with E-state index >= 15 is 0 Å². The van der Waals surface area contributed by atoms with Gasteiger partial charge < -0.3 is 30.5 Å². The van der Waals surface area contributed by atoms with Gasteiger partial charge in [0.1, 0.15) is 11.7 Å². The Labute approximate surface area is 274 Å². The lowest BCUT2D eigenvalue weighted by Gasteiger charge is -2.35. The van der Waals surface area contributed by atoms with Crippen molar-refractivity contribution in [2.24, 2.45) is 0 Å². The van der Waals surface area contributed by atoms with E-state index in [2.05, 4.69) is 41.8 Å². The number of aromatic nitrogens is 2. The molecule has 242 valence electrons. The summed E-state index contributed by atoms with van der Waals surface area (Å²) < 4.78 is 6.15. The molecule has 2 aliphatic heterocycles. The first-order valence-electron chi connectivity index (χ1n) is 14.8. The number of halogens is 1. The zero-order valence-corrected chi connectivity index (χ0v) is 27.2. The zero-order chi connectivity index (χ0) is 33.0. The molecule has 4 atom stereocenters. The number of pyridine rings is 2. The predicted molar refractivity (Wildman–Crippen MR) is 173 cm³/mol. The number of morpholine rings is 1. The molecule has 5 rings (SSSR count). The molecule has 0 radical (unpaired) electrons. The summed E-state index contributed by atoms with van der Waals surface area (Å²) in [6, 6.07) is 6.57. The van der Waals surface area contributed by atoms with Crippen molar-refractivity contribution in [2.45, 2.75) is 51.1 Å². The van der Waals surface area contributed by atoms with E-state index in [1.807, 2.05) is 13.8 Å². The Morgan fingerprint density at radius 1 is 1.04 bits per heavy atom. The van der Waals surface area contributed by atoms with Crippen LogP contribution in [0.3, 0.4) is 0 Å². The van der Waals surface area contributed by atoms with Gasteiger partial charge in [-0.25, -0.2) is 0 Å². The van der Waals surface area contributed by atoms with Crippen LogP contribution in [-0.2, 0) is 16.1 Å². The first-order valence-corrected chi connectivity index (χ1v) is 15.6. The maximum absolute atomic E-state index is 13.9. The minimum absolute atomic E-state index is 0.0269. The fourth-order valence-corrected chi connectivity index (χ4v) is 6.30. The third kappa shape index (κ3) is 7.42. The second-order valence-electron chi connectivity index (χ2n) is 11.4. The number of carbonyl (C=O) groups excluding carboxylic acids is 3. The largest absolute Gasteiger partial charge is 0.387 e. The number of hydrogen-bond acceptors (Lipinski definition) is 10. The van der Waals surface area contributed by atoms with E-state index in [0.29, 0.717) is 23.2 Å². The molecule has 2 fully saturated rings. The molecule has 2 aliphatic rings. The Balaban J connectivity index is 1.46. The van der Waals surface area contributed by atoms with Crippen molar-refractivity contribution in [3.8, 4) is 0 Å². The van der Waals surface area contributed by atoms with E-state index in [9.17, 15) is 24.5 Å². The SMILES string of the molecule is CNc1cncc(C(=O)N2C[C@H](Nc3c(C(=O)N4C[C@@H](C)O[C@@H](C)C4)cc(Br)cc3[N+](=O)[O-])C[C@H]2C(=O)NCc2ccncc2)c1. The molecule has 3 amide bonds. The van der Waals surface area contributed by atoms with E-state index in [0.717, 1.165) is 5.56 Å². The highest BCUT2D eigenvalue weighted by molar-refractivity contribution is 9.10. The molecule has 15 heteroatoms. The van der Waals surface area contributed by atoms with E-state index in [1.165, 1.54) is 17.2 Å². The molecule has 46 heavy (non-hydrogen) atoms. The Morgan fingerprint density at radius 2 is 1.76 bits per heavy atom. The van der Waals surface area contributed by atoms with Crippen molar-refractivity contribution in [2.75, 3.05) is 37.3 Å². The zero-order valence-electron chi connectivity index (χ0n) is 25.6. The average Bonchev–Trinajstić information content (AvgIpc) is 3.47. The van der Waals surface area contributed by atoms with Crippen molar-refractivity contribution < 1.29 is 24.0 Å². The number of nitro groups is 1. The number of hydrogen-bond donors (Lipinski definition) is 3. The fourth-order valence-electron chi connectivity index (χ4n) is 5.86. The van der Waals surface area contributed by atoms with Gasteiger partial charge in [0, 0.05) is 74.6 Å². The Kier molecular flexibility index (Phi) is 10.1. The average molecular weight is 696 g/mol. The lowest BCUT2D eigenvalue weighted by molar-refractivity contribution is -0.384. The van der Waals surface area contributed by atoms with Gasteiger partial charge in [-0.2, -0.15) is 0 Å². The summed E-state index contributed by atoms with van der Waals surface area (Å²) >= 11 is 3.33. The lowest BCUT2D eigenvalue weighted by Crippen LogP contribution is -2.48. The fraction of sp³-hybridized carbons (Fsp3) is 0.387. The first kappa shape index (κ1) is 32.8. The Bertz CT molecular complexity index is 1620. The van der Waals surface area contributed by atoms with Crippen molar-refractivity contribution in [1.82, 2.24) is 25.1 Å². The second-order valence-corrected chi connectivity index (χ2v) is 12.3. The lowest BCUT2D eigenvalue weighted by atomic mass is 10.1. The van der Waals surface area contributed by atoms with Crippen molar-refractivity contribution >= 4 is 50.7 Å². The number of anilines is 2. The molecule has 0 bridgehead atoms. The number of carbonyl (C=O) groups is 3. The van der Waals surface area contributed by atoms with E-state index < -0.39 is 22.9 Å². The monoisotopic (exact) mass is 694 g/mol. The summed E-state index contributed by atoms with van der Waals surface area (Å²) in [5, 5.41) is 21.3. The highest BCUT2D eigenvalue weighted by Crippen LogP contribution is 2.36. The highest BCUT2D eigenvalue weighted by Gasteiger charge is 2.41. The number of nitrogens with one attached hydrogen (secondary N) is 3. The van der Waals surface area contributed by atoms with Gasteiger partial charge in [-0.05, 0) is 50.1 Å². The second kappa shape index (κ2) is 14.2. The normalized spacial score (nSPS) is 21.0. The molecule has 2 aromatic heterocycles. The van der Waals surface area contributed by atoms with Crippen LogP contribution in [0.1, 0.15) is 46.5 Å². The molecule has 0 unspecified atom stereocenters. The molecule has 4 heterocycles. The molecule has 0 aliphatic carbocycles. The molecule has 3 aromatic rings. The van der Waals surface area contributed by atoms with Gasteiger partial charge in [-0.1, -0.05) is 15.9 Å². The van der Waals surface area contributed by atoms with E-state index in [-0.39, 0.29) is 66.0 Å². The molecular weight excluding hydrogens is 660 g/mol. The summed E-state index contributed by atoms with van der Waals surface area (Å²) in [6.45, 7) is 4.65. The summed E-state index contributed by atoms with van der Waals surface area (Å²) in [4.78, 5) is 64.2. The quantitative estimate of drug-likeness (QED) is 0.223. The Morgan fingerprint density at radius 3 is 2.43 bits per heavy atom. The molecule has 14 nitrogen and oxygen atoms in total. The number of nitrogens with zero attached hydrogens (tertiary/aromatic N) is 5. The highest BCUT2D eigenvalue weighted by atomic mass is 79.9. The maximum atomic E-state index is 13.9. The molecular formula is C31H35BrN8O6. The van der Waals surface area contributed by atoms with Gasteiger partial charge in [-0.15, -0.1) is 0 Å². The maximum Gasteiger partial charge on any atom is 0.294 e. The number of benzene rings is 1. The third-order valence-electron chi connectivity index (χ3n) is 7.92. The minimum atomic E-state index is -0.903. The number of likely N-dealkylation sites (tertiary alicyclic amines) is 1. The topological polar surface area (TPSA) is 172 Å². The van der Waals surface area contributed by atoms with Crippen LogP contribution in [0.15, 0.2) is 59.6 Å². The molecule has 2 saturated heterocycles. The van der Waals surface area contributed by atoms with Crippen molar-refractivity contribution in [1.29, 1.82) is 0 Å². The summed E-state index contributed by atoms with van der Waals surface area (Å²) in [7, 11) is 1.71. The van der Waals surface area contributed by atoms with Crippen LogP contribution in [0.25, 0.3) is 0 Å². The van der Waals surface area contributed by atoms with Crippen LogP contribution >= 0.6 is 15.9 Å². The van der Waals surface area contributed by atoms with Gasteiger partial charge in [0.05, 0.1) is 33.9 Å². The van der Waals surface area contributed by atoms with Crippen LogP contribution in [0.2, 0.25) is 0 Å². The van der Waals surface area contributed by atoms with Gasteiger partial charge in [0.25, 0.3) is 17.5 Å². The first-order chi connectivity index (χ1) is 22.0. The predicted octanol–water partition coefficient (Wildman–Crippen LogP) is 3.45. The van der Waals surface area contributed by atoms with E-state index in [4.69, 9.17) is 4.74 Å². The van der Waals surface area contributed by atoms with Gasteiger partial charge >= 0.3 is 0 Å². The number of rotatable bonds is 9. The summed E-state index contributed by atoms with van der Waals surface area (Å²) in [5.41, 5.74) is 1.57. The molecule has 3 N–H and O–H groups in total. The summed E-state index contributed by atoms with van der Waals surface area (Å²) in [6.07, 6.45) is 5.97. The van der Waals surface area contributed by atoms with Crippen LogP contribution in [0, 0.1) is 10.1 Å². The van der Waals surface area contributed by atoms with Gasteiger partial charge in [-0.3, -0.25) is 34.5 Å². The summed E-state index contributed by atoms with van der Waals surface area (Å²) in [5.74, 6) is -1.19. The minimum Gasteiger partial charge on any atom is -0.387 e. The number of nitro benzene ring substituents is 1. The molecule has 1 aromatic carbocycles. The molecule has 0 saturated carbocycles. The third-order valence-corrected chi connectivity index (χ3v) is 8.38. The van der Waals surface area contributed by atoms with Crippen LogP contribution in [0.5, 0.6) is 0 Å². The smallest absolute Gasteiger partial charge is 0.294 e. The number of ether oxygens (including phenoxy) is 1. The van der Waals surface area contributed by atoms with Crippen molar-refractivity contribution in [3.63, 3.8) is 0 Å².